The second-order valence-corrected chi connectivity index (χ2v) is 11.8. The molecule has 2 heterocycles. The molecule has 2 aliphatic heterocycles. The van der Waals surface area contributed by atoms with Crippen LogP contribution in [-0.2, 0) is 11.0 Å². The van der Waals surface area contributed by atoms with Crippen molar-refractivity contribution in [1.82, 2.24) is 14.5 Å². The molecule has 2 saturated heterocycles. The number of phenolic OH excluding ortho intramolecular Hbond substituents is 1. The Kier molecular flexibility index (Phi) is 7.24. The number of hydrogen-bond donors (Lipinski definition) is 3. The highest BCUT2D eigenvalue weighted by Crippen LogP contribution is 2.40. The lowest BCUT2D eigenvalue weighted by Crippen LogP contribution is -2.58. The molecule has 30 heavy (non-hydrogen) atoms. The minimum absolute atomic E-state index is 0.000817. The summed E-state index contributed by atoms with van der Waals surface area (Å²) in [5, 5.41) is 20.5. The predicted octanol–water partition coefficient (Wildman–Crippen LogP) is 3.30. The first-order chi connectivity index (χ1) is 14.0. The maximum Gasteiger partial charge on any atom is 0.320 e. The molecule has 2 atom stereocenters. The van der Waals surface area contributed by atoms with Gasteiger partial charge in [0, 0.05) is 24.7 Å². The van der Waals surface area contributed by atoms with Crippen molar-refractivity contribution >= 4 is 40.2 Å². The third kappa shape index (κ3) is 5.22. The maximum atomic E-state index is 12.9. The molecule has 0 unspecified atom stereocenters. The van der Waals surface area contributed by atoms with Crippen LogP contribution in [0, 0.1) is 5.92 Å². The van der Waals surface area contributed by atoms with Gasteiger partial charge >= 0.3 is 6.03 Å². The fourth-order valence-corrected chi connectivity index (χ4v) is 4.98. The number of hydrogen-bond acceptors (Lipinski definition) is 4. The number of piperidine rings is 1. The highest BCUT2D eigenvalue weighted by Gasteiger charge is 2.37. The quantitative estimate of drug-likeness (QED) is 0.619. The molecule has 1 aromatic rings. The van der Waals surface area contributed by atoms with Crippen LogP contribution in [-0.4, -0.2) is 67.3 Å². The molecule has 1 aromatic carbocycles. The summed E-state index contributed by atoms with van der Waals surface area (Å²) in [6.07, 6.45) is 0.937. The summed E-state index contributed by atoms with van der Waals surface area (Å²) < 4.78 is 15.6. The molecule has 3 rings (SSSR count). The number of carbonyl (C=O) groups is 1. The van der Waals surface area contributed by atoms with Gasteiger partial charge in [-0.15, -0.1) is 0 Å². The Hall–Kier alpha value is -1.06. The number of likely N-dealkylation sites (tertiary alicyclic amines) is 2. The topological polar surface area (TPSA) is 93.1 Å². The molecule has 0 bridgehead atoms. The molecular formula is C20H29Cl2N3O4S. The van der Waals surface area contributed by atoms with Crippen LogP contribution in [0.2, 0.25) is 10.0 Å². The second-order valence-electron chi connectivity index (χ2n) is 8.97. The average Bonchev–Trinajstić information content (AvgIpc) is 2.65. The minimum atomic E-state index is -1.36. The van der Waals surface area contributed by atoms with E-state index in [0.29, 0.717) is 49.6 Å². The molecule has 0 radical (unpaired) electrons. The van der Waals surface area contributed by atoms with Crippen molar-refractivity contribution in [2.45, 2.75) is 50.5 Å². The Bertz CT molecular complexity index is 819. The third-order valence-electron chi connectivity index (χ3n) is 5.61. The number of amides is 2. The molecule has 3 N–H and O–H groups in total. The number of urea groups is 1. The largest absolute Gasteiger partial charge is 0.508 e. The monoisotopic (exact) mass is 477 g/mol. The first-order valence-corrected chi connectivity index (χ1v) is 12.0. The number of benzene rings is 1. The van der Waals surface area contributed by atoms with E-state index in [1.54, 1.807) is 15.9 Å². The summed E-state index contributed by atoms with van der Waals surface area (Å²) in [6.45, 7) is 7.51. The molecule has 10 heteroatoms. The minimum Gasteiger partial charge on any atom is -0.508 e. The van der Waals surface area contributed by atoms with Gasteiger partial charge in [0.2, 0.25) is 0 Å². The van der Waals surface area contributed by atoms with Crippen molar-refractivity contribution in [3.63, 3.8) is 0 Å². The zero-order valence-corrected chi connectivity index (χ0v) is 19.7. The van der Waals surface area contributed by atoms with Crippen LogP contribution >= 0.6 is 23.2 Å². The number of aromatic hydroxyl groups is 1. The first-order valence-electron chi connectivity index (χ1n) is 10.0. The van der Waals surface area contributed by atoms with Crippen molar-refractivity contribution < 1.29 is 19.2 Å². The second kappa shape index (κ2) is 9.20. The smallest absolute Gasteiger partial charge is 0.320 e. The zero-order valence-electron chi connectivity index (χ0n) is 17.4. The van der Waals surface area contributed by atoms with Crippen molar-refractivity contribution in [2.24, 2.45) is 5.92 Å². The Morgan fingerprint density at radius 2 is 1.73 bits per heavy atom. The number of rotatable bonds is 4. The molecule has 0 aromatic heterocycles. The fraction of sp³-hybridized carbons (Fsp3) is 0.650. The summed E-state index contributed by atoms with van der Waals surface area (Å²) in [7, 11) is -1.36. The van der Waals surface area contributed by atoms with Gasteiger partial charge in [-0.3, -0.25) is 0 Å². The van der Waals surface area contributed by atoms with Gasteiger partial charge in [0.25, 0.3) is 0 Å². The molecule has 2 amide bonds. The van der Waals surface area contributed by atoms with Gasteiger partial charge in [-0.05, 0) is 45.6 Å². The van der Waals surface area contributed by atoms with E-state index in [4.69, 9.17) is 23.2 Å². The molecular weight excluding hydrogens is 449 g/mol. The van der Waals surface area contributed by atoms with Crippen LogP contribution in [0.15, 0.2) is 12.1 Å². The van der Waals surface area contributed by atoms with Gasteiger partial charge in [0.1, 0.15) is 5.75 Å². The van der Waals surface area contributed by atoms with Crippen LogP contribution in [0.25, 0.3) is 0 Å². The van der Waals surface area contributed by atoms with E-state index in [9.17, 15) is 19.2 Å². The van der Waals surface area contributed by atoms with E-state index in [1.165, 1.54) is 6.07 Å². The van der Waals surface area contributed by atoms with Crippen LogP contribution in [0.5, 0.6) is 5.75 Å². The summed E-state index contributed by atoms with van der Waals surface area (Å²) in [5.41, 5.74) is 0.553. The molecule has 0 spiro atoms. The molecule has 7 nitrogen and oxygen atoms in total. The molecule has 0 saturated carbocycles. The lowest BCUT2D eigenvalue weighted by atomic mass is 9.85. The summed E-state index contributed by atoms with van der Waals surface area (Å²) in [4.78, 5) is 15.9. The van der Waals surface area contributed by atoms with Crippen LogP contribution in [0.4, 0.5) is 4.79 Å². The number of carbonyl (C=O) groups excluding carboxylic acids is 1. The predicted molar refractivity (Wildman–Crippen MR) is 119 cm³/mol. The fourth-order valence-electron chi connectivity index (χ4n) is 3.74. The number of halogens is 2. The Balaban J connectivity index is 1.77. The number of β-amino-alcohol motifs (C(OH)–C–C–N with tert-alkyl or cyclic N) is 1. The lowest BCUT2D eigenvalue weighted by molar-refractivity contribution is 0.0113. The van der Waals surface area contributed by atoms with Crippen LogP contribution in [0.3, 0.4) is 0 Å². The van der Waals surface area contributed by atoms with E-state index in [0.717, 1.165) is 0 Å². The van der Waals surface area contributed by atoms with Gasteiger partial charge in [0.15, 0.2) is 0 Å². The molecule has 2 aliphatic rings. The van der Waals surface area contributed by atoms with Gasteiger partial charge in [-0.25, -0.2) is 13.7 Å². The average molecular weight is 478 g/mol. The maximum absolute atomic E-state index is 12.9. The molecule has 0 aliphatic carbocycles. The zero-order chi connectivity index (χ0) is 22.2. The van der Waals surface area contributed by atoms with E-state index < -0.39 is 27.9 Å². The van der Waals surface area contributed by atoms with Gasteiger partial charge in [-0.2, -0.15) is 0 Å². The van der Waals surface area contributed by atoms with Crippen molar-refractivity contribution in [3.8, 4) is 5.75 Å². The Morgan fingerprint density at radius 3 is 2.27 bits per heavy atom. The van der Waals surface area contributed by atoms with Gasteiger partial charge in [-0.1, -0.05) is 23.2 Å². The number of aliphatic hydroxyl groups is 1. The summed E-state index contributed by atoms with van der Waals surface area (Å²) in [5.74, 6) is 0.0476. The highest BCUT2D eigenvalue weighted by atomic mass is 35.5. The number of nitrogens with zero attached hydrogens (tertiary/aromatic N) is 2. The van der Waals surface area contributed by atoms with Gasteiger partial charge in [0.05, 0.1) is 51.0 Å². The first kappa shape index (κ1) is 23.6. The highest BCUT2D eigenvalue weighted by molar-refractivity contribution is 7.84. The van der Waals surface area contributed by atoms with Crippen molar-refractivity contribution in [1.29, 1.82) is 0 Å². The van der Waals surface area contributed by atoms with Crippen LogP contribution < -0.4 is 4.72 Å². The Labute approximate surface area is 189 Å². The molecule has 2 fully saturated rings. The Morgan fingerprint density at radius 1 is 1.17 bits per heavy atom. The standard InChI is InChI=1S/C20H29Cl2N3O4S/c1-20(2,3)30(29)23-18(14-8-15(21)16(22)9-17(14)27)12-4-6-24(7-5-12)19(28)25-10-13(26)11-25/h8-9,12-13,18,23,26-27H,4-7,10-11H2,1-3H3/t18-,30+/m1/s1. The number of aliphatic hydroxyl groups excluding tert-OH is 1. The van der Waals surface area contributed by atoms with E-state index in [-0.39, 0.29) is 22.7 Å². The SMILES string of the molecule is CC(C)(C)[S@](=O)N[C@@H](c1cc(Cl)c(Cl)cc1O)C1CCN(C(=O)N2CC(O)C2)CC1. The van der Waals surface area contributed by atoms with Gasteiger partial charge < -0.3 is 20.0 Å². The number of phenols is 1. The summed E-state index contributed by atoms with van der Waals surface area (Å²) >= 11 is 12.2. The molecule has 168 valence electrons. The third-order valence-corrected chi connectivity index (χ3v) is 7.91. The van der Waals surface area contributed by atoms with Crippen LogP contribution in [0.1, 0.15) is 45.2 Å². The van der Waals surface area contributed by atoms with Crippen molar-refractivity contribution in [3.05, 3.63) is 27.7 Å². The van der Waals surface area contributed by atoms with E-state index in [1.807, 2.05) is 20.8 Å². The number of nitrogens with one attached hydrogen (secondary N) is 1. The summed E-state index contributed by atoms with van der Waals surface area (Å²) in [6, 6.07) is 2.57. The van der Waals surface area contributed by atoms with Crippen molar-refractivity contribution in [2.75, 3.05) is 26.2 Å². The normalized spacial score (nSPS) is 20.7. The lowest BCUT2D eigenvalue weighted by Gasteiger charge is -2.42. The van der Waals surface area contributed by atoms with E-state index >= 15 is 0 Å². The van der Waals surface area contributed by atoms with E-state index in [2.05, 4.69) is 4.72 Å².